The molecule has 0 amide bonds. The lowest BCUT2D eigenvalue weighted by molar-refractivity contribution is -0.278. The maximum absolute atomic E-state index is 12.9. The molecule has 6 aliphatic rings. The van der Waals surface area contributed by atoms with Crippen LogP contribution in [0.2, 0.25) is 0 Å². The maximum atomic E-state index is 12.9. The molecule has 5 aliphatic carbocycles. The molecule has 6 fully saturated rings. The van der Waals surface area contributed by atoms with E-state index >= 15 is 0 Å². The Bertz CT molecular complexity index is 960. The molecule has 9 nitrogen and oxygen atoms in total. The van der Waals surface area contributed by atoms with Crippen LogP contribution in [0.1, 0.15) is 46.5 Å². The van der Waals surface area contributed by atoms with Crippen molar-refractivity contribution in [3.63, 3.8) is 0 Å². The minimum atomic E-state index is -0.922. The molecule has 0 aromatic rings. The predicted octanol–water partition coefficient (Wildman–Crippen LogP) is 1.64. The molecule has 0 radical (unpaired) electrons. The molecule has 1 heterocycles. The minimum absolute atomic E-state index is 0.00590. The molecule has 7 bridgehead atoms. The number of carbonyl (C=O) groups is 2. The summed E-state index contributed by atoms with van der Waals surface area (Å²) in [6.45, 7) is 7.38. The van der Waals surface area contributed by atoms with Crippen LogP contribution >= 0.6 is 0 Å². The largest absolute Gasteiger partial charge is 0.462 e. The van der Waals surface area contributed by atoms with Gasteiger partial charge in [0.2, 0.25) is 0 Å². The van der Waals surface area contributed by atoms with E-state index in [2.05, 4.69) is 11.8 Å². The summed E-state index contributed by atoms with van der Waals surface area (Å²) in [7, 11) is 5.22. The number of aliphatic hydroxyl groups is 1. The van der Waals surface area contributed by atoms with Crippen LogP contribution in [0.4, 0.5) is 0 Å². The zero-order valence-corrected chi connectivity index (χ0v) is 23.0. The fourth-order valence-electron chi connectivity index (χ4n) is 11.4. The van der Waals surface area contributed by atoms with Gasteiger partial charge in [0.05, 0.1) is 24.9 Å². The number of esters is 2. The van der Waals surface area contributed by atoms with Gasteiger partial charge in [-0.1, -0.05) is 6.92 Å². The number of ether oxygens (including phenoxy) is 5. The highest BCUT2D eigenvalue weighted by molar-refractivity contribution is 5.68. The van der Waals surface area contributed by atoms with Crippen molar-refractivity contribution in [1.82, 2.24) is 4.90 Å². The molecule has 0 aromatic heterocycles. The fourth-order valence-corrected chi connectivity index (χ4v) is 11.4. The lowest BCUT2D eigenvalue weighted by Gasteiger charge is -2.69. The van der Waals surface area contributed by atoms with Gasteiger partial charge in [-0.25, -0.2) is 0 Å². The normalized spacial score (nSPS) is 53.2. The molecule has 6 rings (SSSR count). The van der Waals surface area contributed by atoms with Gasteiger partial charge in [0.15, 0.2) is 0 Å². The summed E-state index contributed by atoms with van der Waals surface area (Å²) in [4.78, 5) is 27.8. The number of hydrogen-bond acceptors (Lipinski definition) is 9. The Labute approximate surface area is 219 Å². The highest BCUT2D eigenvalue weighted by Crippen LogP contribution is 2.80. The van der Waals surface area contributed by atoms with Crippen molar-refractivity contribution in [2.24, 2.45) is 40.4 Å². The molecule has 1 N–H and O–H groups in total. The van der Waals surface area contributed by atoms with Gasteiger partial charge >= 0.3 is 11.9 Å². The number of likely N-dealkylation sites (tertiary alicyclic amines) is 1. The summed E-state index contributed by atoms with van der Waals surface area (Å²) < 4.78 is 31.0. The van der Waals surface area contributed by atoms with E-state index < -0.39 is 23.2 Å². The predicted molar refractivity (Wildman–Crippen MR) is 131 cm³/mol. The molecule has 5 saturated carbocycles. The third-order valence-corrected chi connectivity index (χ3v) is 11.7. The van der Waals surface area contributed by atoms with Crippen molar-refractivity contribution in [2.75, 3.05) is 41.0 Å². The average molecular weight is 522 g/mol. The van der Waals surface area contributed by atoms with Gasteiger partial charge in [-0.2, -0.15) is 0 Å². The fraction of sp³-hybridized carbons (Fsp3) is 0.929. The zero-order chi connectivity index (χ0) is 26.5. The Balaban J connectivity index is 1.65. The van der Waals surface area contributed by atoms with Crippen molar-refractivity contribution >= 4 is 11.9 Å². The summed E-state index contributed by atoms with van der Waals surface area (Å²) in [5.74, 6) is -1.05. The van der Waals surface area contributed by atoms with E-state index in [-0.39, 0.29) is 65.2 Å². The summed E-state index contributed by atoms with van der Waals surface area (Å²) >= 11 is 0. The monoisotopic (exact) mass is 521 g/mol. The van der Waals surface area contributed by atoms with E-state index in [0.29, 0.717) is 19.4 Å². The van der Waals surface area contributed by atoms with E-state index in [1.807, 2.05) is 0 Å². The number of aliphatic hydroxyl groups excluding tert-OH is 1. The minimum Gasteiger partial charge on any atom is -0.462 e. The zero-order valence-electron chi connectivity index (χ0n) is 23.0. The molecule has 1 spiro atoms. The van der Waals surface area contributed by atoms with Crippen LogP contribution in [-0.4, -0.2) is 99.0 Å². The second-order valence-electron chi connectivity index (χ2n) is 12.7. The number of methoxy groups -OCH3 is 3. The second kappa shape index (κ2) is 8.62. The summed E-state index contributed by atoms with van der Waals surface area (Å²) in [6, 6.07) is -0.0133. The van der Waals surface area contributed by atoms with E-state index in [1.165, 1.54) is 13.8 Å². The molecule has 9 heteroatoms. The third kappa shape index (κ3) is 2.98. The standard InChI is InChI=1S/C28H43NO8/c1-7-29-12-26(13-33-4)9-8-19(32)28-17-10-16-18(34-5)11-27(37-15(3)31,20(17)22(16)36-14(2)30)21(25(28)29)23(35-6)24(26)28/h16-25,32H,7-13H2,1-6H3/t16-,17?,18+,19+,20?,21?,22-,23+,24?,25?,26+,27-,28+/m1/s1. The summed E-state index contributed by atoms with van der Waals surface area (Å²) in [6.07, 6.45) is 1.46. The Morgan fingerprint density at radius 2 is 1.81 bits per heavy atom. The first-order chi connectivity index (χ1) is 17.7. The van der Waals surface area contributed by atoms with Gasteiger partial charge in [0.25, 0.3) is 0 Å². The first-order valence-electron chi connectivity index (χ1n) is 14.0. The molecule has 0 aromatic carbocycles. The molecule has 1 saturated heterocycles. The van der Waals surface area contributed by atoms with Crippen molar-refractivity contribution in [2.45, 2.75) is 82.5 Å². The Morgan fingerprint density at radius 1 is 1.05 bits per heavy atom. The molecule has 5 unspecified atom stereocenters. The number of carbonyl (C=O) groups excluding carboxylic acids is 2. The van der Waals surface area contributed by atoms with E-state index in [0.717, 1.165) is 25.9 Å². The Hall–Kier alpha value is -1.26. The Kier molecular flexibility index (Phi) is 6.05. The third-order valence-electron chi connectivity index (χ3n) is 11.7. The van der Waals surface area contributed by atoms with Gasteiger partial charge in [-0.15, -0.1) is 0 Å². The highest BCUT2D eigenvalue weighted by Gasteiger charge is 2.87. The van der Waals surface area contributed by atoms with Crippen LogP contribution in [0.25, 0.3) is 0 Å². The maximum Gasteiger partial charge on any atom is 0.303 e. The number of hydrogen-bond donors (Lipinski definition) is 1. The van der Waals surface area contributed by atoms with Crippen LogP contribution in [-0.2, 0) is 33.3 Å². The Morgan fingerprint density at radius 3 is 2.41 bits per heavy atom. The number of rotatable bonds is 7. The highest BCUT2D eigenvalue weighted by atomic mass is 16.6. The molecule has 208 valence electrons. The van der Waals surface area contributed by atoms with Crippen molar-refractivity contribution < 1.29 is 38.4 Å². The van der Waals surface area contributed by atoms with Gasteiger partial charge in [-0.3, -0.25) is 14.5 Å². The average Bonchev–Trinajstić information content (AvgIpc) is 3.27. The van der Waals surface area contributed by atoms with Crippen molar-refractivity contribution in [3.8, 4) is 0 Å². The van der Waals surface area contributed by atoms with Gasteiger partial charge < -0.3 is 28.8 Å². The van der Waals surface area contributed by atoms with E-state index in [1.54, 1.807) is 21.3 Å². The first kappa shape index (κ1) is 26.0. The molecule has 37 heavy (non-hydrogen) atoms. The molecular weight excluding hydrogens is 478 g/mol. The van der Waals surface area contributed by atoms with Crippen LogP contribution in [0.15, 0.2) is 0 Å². The molecular formula is C28H43NO8. The number of fused-ring (bicyclic) bond motifs is 2. The lowest BCUT2D eigenvalue weighted by atomic mass is 9.43. The van der Waals surface area contributed by atoms with Crippen molar-refractivity contribution in [3.05, 3.63) is 0 Å². The summed E-state index contributed by atoms with van der Waals surface area (Å²) in [5, 5.41) is 12.1. The molecule has 13 atom stereocenters. The van der Waals surface area contributed by atoms with Gasteiger partial charge in [-0.05, 0) is 31.7 Å². The quantitative estimate of drug-likeness (QED) is 0.501. The number of nitrogens with zero attached hydrogens (tertiary/aromatic N) is 1. The smallest absolute Gasteiger partial charge is 0.303 e. The molecule has 1 aliphatic heterocycles. The van der Waals surface area contributed by atoms with Crippen LogP contribution in [0.5, 0.6) is 0 Å². The summed E-state index contributed by atoms with van der Waals surface area (Å²) in [5.41, 5.74) is -1.57. The van der Waals surface area contributed by atoms with E-state index in [4.69, 9.17) is 23.7 Å². The SMILES string of the molecule is CCN1C[C@]2(COC)CC[C@H](O)[C@]34C5C[C@@H]6[C@@H](OC)C[C@](OC(C)=O)(C(C13)[C@H](OC)C24)C5[C@@H]6OC(C)=O. The number of piperidine rings is 1. The topological polar surface area (TPSA) is 104 Å². The second-order valence-corrected chi connectivity index (χ2v) is 12.7. The van der Waals surface area contributed by atoms with Crippen LogP contribution in [0.3, 0.4) is 0 Å². The van der Waals surface area contributed by atoms with Crippen LogP contribution in [0, 0.1) is 40.4 Å². The van der Waals surface area contributed by atoms with Gasteiger partial charge in [0, 0.05) is 88.7 Å². The van der Waals surface area contributed by atoms with Crippen LogP contribution < -0.4 is 0 Å². The van der Waals surface area contributed by atoms with Gasteiger partial charge in [0.1, 0.15) is 11.7 Å². The first-order valence-corrected chi connectivity index (χ1v) is 14.0. The van der Waals surface area contributed by atoms with E-state index in [9.17, 15) is 14.7 Å². The van der Waals surface area contributed by atoms with Crippen molar-refractivity contribution in [1.29, 1.82) is 0 Å². The lowest BCUT2D eigenvalue weighted by Crippen LogP contribution is -2.76.